The topological polar surface area (TPSA) is 17.8 Å². The second-order valence-corrected chi connectivity index (χ2v) is 11.9. The van der Waals surface area contributed by atoms with Crippen molar-refractivity contribution < 1.29 is 0 Å². The Morgan fingerprint density at radius 3 is 2.40 bits per heavy atom. The highest BCUT2D eigenvalue weighted by Gasteiger charge is 2.26. The van der Waals surface area contributed by atoms with Gasteiger partial charge in [-0.15, -0.1) is 11.3 Å². The third-order valence-electron chi connectivity index (χ3n) is 8.34. The van der Waals surface area contributed by atoms with Crippen LogP contribution in [0.1, 0.15) is 30.7 Å². The van der Waals surface area contributed by atoms with Crippen molar-refractivity contribution in [3.8, 4) is 22.4 Å². The summed E-state index contributed by atoms with van der Waals surface area (Å²) in [4.78, 5) is 4.79. The highest BCUT2D eigenvalue weighted by Crippen LogP contribution is 2.46. The summed E-state index contributed by atoms with van der Waals surface area (Å²) in [7, 11) is 0. The van der Waals surface area contributed by atoms with Crippen LogP contribution >= 0.6 is 11.3 Å². The van der Waals surface area contributed by atoms with Crippen molar-refractivity contribution in [1.29, 1.82) is 0 Å². The molecule has 0 N–H and O–H groups in total. The zero-order valence-electron chi connectivity index (χ0n) is 25.6. The number of fused-ring (bicyclic) bond motifs is 7. The normalized spacial score (nSPS) is 12.6. The molecule has 8 rings (SSSR count). The molecular weight excluding hydrogens is 565 g/mol. The second-order valence-electron chi connectivity index (χ2n) is 10.8. The fraction of sp³-hybridized carbons (Fsp3) is 0.0714. The predicted molar refractivity (Wildman–Crippen MR) is 198 cm³/mol. The Morgan fingerprint density at radius 1 is 0.756 bits per heavy atom. The lowest BCUT2D eigenvalue weighted by atomic mass is 9.92. The summed E-state index contributed by atoms with van der Waals surface area (Å²) in [6.07, 6.45) is 15.2. The zero-order chi connectivity index (χ0) is 30.8. The number of thiophene rings is 1. The summed E-state index contributed by atoms with van der Waals surface area (Å²) in [5.74, 6) is 0. The van der Waals surface area contributed by atoms with E-state index in [9.17, 15) is 0 Å². The molecule has 3 aromatic heterocycles. The van der Waals surface area contributed by atoms with Crippen LogP contribution in [0.4, 0.5) is 0 Å². The van der Waals surface area contributed by atoms with E-state index in [1.54, 1.807) is 6.08 Å². The second kappa shape index (κ2) is 12.4. The van der Waals surface area contributed by atoms with E-state index in [0.29, 0.717) is 0 Å². The quantitative estimate of drug-likeness (QED) is 0.174. The maximum absolute atomic E-state index is 4.79. The van der Waals surface area contributed by atoms with E-state index < -0.39 is 0 Å². The molecular formula is C42H34N2S. The lowest BCUT2D eigenvalue weighted by Crippen LogP contribution is -1.94. The van der Waals surface area contributed by atoms with Crippen molar-refractivity contribution in [3.63, 3.8) is 0 Å². The van der Waals surface area contributed by atoms with Crippen LogP contribution < -0.4 is 0 Å². The van der Waals surface area contributed by atoms with Crippen LogP contribution in [0, 0.1) is 0 Å². The molecule has 2 nitrogen and oxygen atoms in total. The summed E-state index contributed by atoms with van der Waals surface area (Å²) in [6.45, 7) is 7.82. The molecule has 0 radical (unpaired) electrons. The average molecular weight is 599 g/mol. The summed E-state index contributed by atoms with van der Waals surface area (Å²) in [6, 6.07) is 36.9. The van der Waals surface area contributed by atoms with Gasteiger partial charge in [0, 0.05) is 49.9 Å². The molecule has 1 aliphatic carbocycles. The van der Waals surface area contributed by atoms with Crippen LogP contribution in [-0.2, 0) is 6.42 Å². The van der Waals surface area contributed by atoms with Crippen LogP contribution in [0.5, 0.6) is 0 Å². The van der Waals surface area contributed by atoms with E-state index >= 15 is 0 Å². The van der Waals surface area contributed by atoms with Crippen molar-refractivity contribution in [3.05, 3.63) is 157 Å². The highest BCUT2D eigenvalue weighted by molar-refractivity contribution is 7.26. The van der Waals surface area contributed by atoms with E-state index in [-0.39, 0.29) is 0 Å². The SMILES string of the molecule is C=C/C=C\C=Cn1c2c(c3c4sc5ccccc5c4ccc31)CC(c1ccc(-c3ccccc3)cc1-c1ccccn1)=C2.CC. The fourth-order valence-electron chi connectivity index (χ4n) is 6.40. The summed E-state index contributed by atoms with van der Waals surface area (Å²) in [5.41, 5.74) is 11.0. The number of hydrogen-bond acceptors (Lipinski definition) is 2. The summed E-state index contributed by atoms with van der Waals surface area (Å²) < 4.78 is 5.05. The third-order valence-corrected chi connectivity index (χ3v) is 9.54. The van der Waals surface area contributed by atoms with Crippen LogP contribution in [0.15, 0.2) is 140 Å². The smallest absolute Gasteiger partial charge is 0.0708 e. The molecule has 3 heterocycles. The van der Waals surface area contributed by atoms with Gasteiger partial charge >= 0.3 is 0 Å². The Kier molecular flexibility index (Phi) is 7.85. The van der Waals surface area contributed by atoms with Gasteiger partial charge in [-0.3, -0.25) is 4.98 Å². The number of benzene rings is 4. The van der Waals surface area contributed by atoms with Gasteiger partial charge in [-0.2, -0.15) is 0 Å². The maximum Gasteiger partial charge on any atom is 0.0708 e. The molecule has 0 amide bonds. The Hall–Kier alpha value is -5.25. The molecule has 1 aliphatic rings. The van der Waals surface area contributed by atoms with Gasteiger partial charge in [-0.25, -0.2) is 0 Å². The van der Waals surface area contributed by atoms with E-state index in [4.69, 9.17) is 4.98 Å². The first-order chi connectivity index (χ1) is 22.3. The number of aromatic nitrogens is 2. The molecule has 0 unspecified atom stereocenters. The lowest BCUT2D eigenvalue weighted by Gasteiger charge is -2.13. The van der Waals surface area contributed by atoms with Crippen molar-refractivity contribution in [2.75, 3.05) is 0 Å². The summed E-state index contributed by atoms with van der Waals surface area (Å²) >= 11 is 1.90. The van der Waals surface area contributed by atoms with E-state index in [1.807, 2.05) is 49.6 Å². The number of pyridine rings is 1. The molecule has 0 bridgehead atoms. The lowest BCUT2D eigenvalue weighted by molar-refractivity contribution is 1.18. The Bertz CT molecular complexity index is 2260. The van der Waals surface area contributed by atoms with Crippen LogP contribution in [0.25, 0.3) is 71.3 Å². The largest absolute Gasteiger partial charge is 0.316 e. The van der Waals surface area contributed by atoms with Gasteiger partial charge in [0.1, 0.15) is 0 Å². The monoisotopic (exact) mass is 598 g/mol. The van der Waals surface area contributed by atoms with Gasteiger partial charge in [0.05, 0.1) is 16.9 Å². The number of nitrogens with zero attached hydrogens (tertiary/aromatic N) is 2. The minimum absolute atomic E-state index is 0.868. The van der Waals surface area contributed by atoms with Crippen LogP contribution in [-0.4, -0.2) is 9.55 Å². The molecule has 0 aliphatic heterocycles. The standard InChI is InChI=1S/C40H28N2S.C2H6/c1-2-3-4-12-23-42-36-21-20-32-31-15-8-9-17-38(31)43-40(32)39(36)34-25-29(26-37(34)42)30-19-18-28(27-13-6-5-7-14-27)24-33(30)35-16-10-11-22-41-35;1-2/h2-24,26H,1,25H2;1-2H3/b4-3-,23-12?;. The minimum atomic E-state index is 0.868. The number of allylic oxidation sites excluding steroid dienone is 5. The molecule has 3 heteroatoms. The van der Waals surface area contributed by atoms with E-state index in [0.717, 1.165) is 17.7 Å². The van der Waals surface area contributed by atoms with E-state index in [1.165, 1.54) is 64.6 Å². The van der Waals surface area contributed by atoms with Crippen molar-refractivity contribution >= 4 is 60.3 Å². The molecule has 218 valence electrons. The van der Waals surface area contributed by atoms with Gasteiger partial charge in [-0.05, 0) is 70.3 Å². The number of hydrogen-bond donors (Lipinski definition) is 0. The van der Waals surface area contributed by atoms with E-state index in [2.05, 4.69) is 127 Å². The molecule has 0 atom stereocenters. The Balaban J connectivity index is 0.00000160. The Labute approximate surface area is 268 Å². The molecule has 4 aromatic carbocycles. The predicted octanol–water partition coefficient (Wildman–Crippen LogP) is 12.1. The van der Waals surface area contributed by atoms with Gasteiger partial charge < -0.3 is 4.57 Å². The highest BCUT2D eigenvalue weighted by atomic mass is 32.1. The summed E-state index contributed by atoms with van der Waals surface area (Å²) in [5, 5.41) is 4.02. The molecule has 7 aromatic rings. The first kappa shape index (κ1) is 28.5. The molecule has 0 saturated carbocycles. The molecule has 0 fully saturated rings. The third kappa shape index (κ3) is 5.05. The molecule has 45 heavy (non-hydrogen) atoms. The average Bonchev–Trinajstić information content (AvgIpc) is 3.79. The number of rotatable bonds is 6. The van der Waals surface area contributed by atoms with Crippen LogP contribution in [0.2, 0.25) is 0 Å². The maximum atomic E-state index is 4.79. The van der Waals surface area contributed by atoms with Gasteiger partial charge in [0.15, 0.2) is 0 Å². The minimum Gasteiger partial charge on any atom is -0.316 e. The molecule has 0 spiro atoms. The zero-order valence-corrected chi connectivity index (χ0v) is 26.4. The fourth-order valence-corrected chi connectivity index (χ4v) is 7.67. The van der Waals surface area contributed by atoms with Crippen LogP contribution in [0.3, 0.4) is 0 Å². The van der Waals surface area contributed by atoms with Crippen molar-refractivity contribution in [2.24, 2.45) is 0 Å². The van der Waals surface area contributed by atoms with Crippen molar-refractivity contribution in [1.82, 2.24) is 9.55 Å². The van der Waals surface area contributed by atoms with Gasteiger partial charge in [0.25, 0.3) is 0 Å². The molecule has 0 saturated heterocycles. The van der Waals surface area contributed by atoms with Gasteiger partial charge in [-0.1, -0.05) is 111 Å². The first-order valence-electron chi connectivity index (χ1n) is 15.5. The Morgan fingerprint density at radius 2 is 1.58 bits per heavy atom. The van der Waals surface area contributed by atoms with Crippen molar-refractivity contribution in [2.45, 2.75) is 20.3 Å². The van der Waals surface area contributed by atoms with Gasteiger partial charge in [0.2, 0.25) is 0 Å². The first-order valence-corrected chi connectivity index (χ1v) is 16.4.